The minimum atomic E-state index is -0.309. The molecule has 4 nitrogen and oxygen atoms in total. The van der Waals surface area contributed by atoms with E-state index in [9.17, 15) is 4.79 Å². The van der Waals surface area contributed by atoms with E-state index in [0.717, 1.165) is 37.3 Å². The highest BCUT2D eigenvalue weighted by atomic mass is 16.5. The Balaban J connectivity index is 1.81. The fourth-order valence-electron chi connectivity index (χ4n) is 5.60. The van der Waals surface area contributed by atoms with Crippen LogP contribution < -0.4 is 14.8 Å². The molecule has 0 amide bonds. The molecule has 0 radical (unpaired) electrons. The summed E-state index contributed by atoms with van der Waals surface area (Å²) in [6.07, 6.45) is 2.70. The third-order valence-electron chi connectivity index (χ3n) is 6.48. The second-order valence-electron chi connectivity index (χ2n) is 7.33. The number of carbonyl (C=O) groups excluding carboxylic acids is 1. The molecule has 4 aliphatic rings. The van der Waals surface area contributed by atoms with Gasteiger partial charge in [-0.2, -0.15) is 0 Å². The second kappa shape index (κ2) is 4.05. The van der Waals surface area contributed by atoms with Gasteiger partial charge in [-0.1, -0.05) is 13.0 Å². The van der Waals surface area contributed by atoms with Gasteiger partial charge in [-0.25, -0.2) is 0 Å². The normalized spacial score (nSPS) is 40.9. The number of carbonyl (C=O) groups is 1. The average Bonchev–Trinajstić information content (AvgIpc) is 2.85. The number of hydrogen-bond acceptors (Lipinski definition) is 4. The largest absolute Gasteiger partial charge is 0.493 e. The molecular formula is C18H21NO3. The number of hydrogen-bond donors (Lipinski definition) is 1. The molecule has 1 spiro atoms. The zero-order valence-electron chi connectivity index (χ0n) is 13.0. The monoisotopic (exact) mass is 299 g/mol. The third-order valence-corrected chi connectivity index (χ3v) is 6.48. The predicted octanol–water partition coefficient (Wildman–Crippen LogP) is 1.84. The van der Waals surface area contributed by atoms with E-state index in [1.165, 1.54) is 11.1 Å². The first-order chi connectivity index (χ1) is 10.7. The van der Waals surface area contributed by atoms with Crippen LogP contribution in [0.4, 0.5) is 0 Å². The van der Waals surface area contributed by atoms with Crippen molar-refractivity contribution in [3.05, 3.63) is 23.3 Å². The highest BCUT2D eigenvalue weighted by molar-refractivity contribution is 5.90. The van der Waals surface area contributed by atoms with Crippen LogP contribution in [0.3, 0.4) is 0 Å². The predicted molar refractivity (Wildman–Crippen MR) is 81.5 cm³/mol. The zero-order chi connectivity index (χ0) is 15.1. The molecule has 2 aliphatic carbocycles. The molecule has 116 valence electrons. The number of methoxy groups -OCH3 is 1. The number of Topliss-reactive ketones (excluding diaryl/α,β-unsaturated/α-hetero) is 1. The number of benzene rings is 1. The summed E-state index contributed by atoms with van der Waals surface area (Å²) in [5, 5.41) is 3.69. The van der Waals surface area contributed by atoms with E-state index in [4.69, 9.17) is 9.47 Å². The number of rotatable bonds is 1. The molecule has 1 aromatic carbocycles. The Morgan fingerprint density at radius 2 is 2.27 bits per heavy atom. The SMILES string of the molecule is COc1ccc2c3c1O[C@H]1C(=O)C(C)C[C@H]4[C@@H](C2)NCC[C@]314. The van der Waals surface area contributed by atoms with Crippen molar-refractivity contribution in [2.24, 2.45) is 11.8 Å². The van der Waals surface area contributed by atoms with Crippen molar-refractivity contribution in [3.8, 4) is 11.5 Å². The molecule has 5 atom stereocenters. The molecule has 1 aromatic rings. The molecule has 1 unspecified atom stereocenters. The van der Waals surface area contributed by atoms with E-state index >= 15 is 0 Å². The van der Waals surface area contributed by atoms with Crippen LogP contribution in [0.1, 0.15) is 30.9 Å². The van der Waals surface area contributed by atoms with Crippen molar-refractivity contribution in [2.45, 2.75) is 43.7 Å². The molecular weight excluding hydrogens is 278 g/mol. The lowest BCUT2D eigenvalue weighted by Crippen LogP contribution is -2.66. The first-order valence-corrected chi connectivity index (χ1v) is 8.31. The molecule has 4 heteroatoms. The summed E-state index contributed by atoms with van der Waals surface area (Å²) < 4.78 is 11.8. The van der Waals surface area contributed by atoms with Crippen molar-refractivity contribution >= 4 is 5.78 Å². The average molecular weight is 299 g/mol. The maximum Gasteiger partial charge on any atom is 0.177 e. The van der Waals surface area contributed by atoms with Gasteiger partial charge in [-0.15, -0.1) is 0 Å². The van der Waals surface area contributed by atoms with Crippen LogP contribution in [0, 0.1) is 11.8 Å². The summed E-state index contributed by atoms with van der Waals surface area (Å²) in [4.78, 5) is 12.9. The third kappa shape index (κ3) is 1.27. The van der Waals surface area contributed by atoms with Crippen molar-refractivity contribution in [3.63, 3.8) is 0 Å². The van der Waals surface area contributed by atoms with E-state index in [-0.39, 0.29) is 23.2 Å². The van der Waals surface area contributed by atoms with Gasteiger partial charge in [0, 0.05) is 22.9 Å². The lowest BCUT2D eigenvalue weighted by Gasteiger charge is -2.55. The van der Waals surface area contributed by atoms with Crippen LogP contribution >= 0.6 is 0 Å². The Morgan fingerprint density at radius 3 is 3.09 bits per heavy atom. The van der Waals surface area contributed by atoms with Gasteiger partial charge in [0.05, 0.1) is 7.11 Å². The van der Waals surface area contributed by atoms with E-state index in [0.29, 0.717) is 12.0 Å². The van der Waals surface area contributed by atoms with E-state index < -0.39 is 0 Å². The molecule has 22 heavy (non-hydrogen) atoms. The van der Waals surface area contributed by atoms with Gasteiger partial charge in [0.2, 0.25) is 0 Å². The number of nitrogens with one attached hydrogen (secondary N) is 1. The van der Waals surface area contributed by atoms with E-state index in [1.807, 2.05) is 6.07 Å². The Labute approximate surface area is 130 Å². The van der Waals surface area contributed by atoms with Crippen LogP contribution in [-0.4, -0.2) is 31.6 Å². The lowest BCUT2D eigenvalue weighted by atomic mass is 9.50. The minimum Gasteiger partial charge on any atom is -0.493 e. The maximum atomic E-state index is 12.9. The van der Waals surface area contributed by atoms with Gasteiger partial charge in [-0.05, 0) is 43.4 Å². The van der Waals surface area contributed by atoms with Crippen LogP contribution in [0.2, 0.25) is 0 Å². The summed E-state index contributed by atoms with van der Waals surface area (Å²) in [6, 6.07) is 4.64. The lowest BCUT2D eigenvalue weighted by molar-refractivity contribution is -0.140. The van der Waals surface area contributed by atoms with Gasteiger partial charge >= 0.3 is 0 Å². The Morgan fingerprint density at radius 1 is 1.41 bits per heavy atom. The van der Waals surface area contributed by atoms with Crippen LogP contribution in [0.5, 0.6) is 11.5 Å². The minimum absolute atomic E-state index is 0.0902. The standard InChI is InChI=1S/C18H21NO3/c1-9-7-11-12-8-10-3-4-13(21-2)16-14(10)18(11,5-6-19-12)17(22-16)15(9)20/h3-4,9,11-12,17,19H,5-8H2,1-2H3/t9?,11-,12+,17-,18-/m0/s1. The van der Waals surface area contributed by atoms with Gasteiger partial charge < -0.3 is 14.8 Å². The van der Waals surface area contributed by atoms with E-state index in [1.54, 1.807) is 7.11 Å². The highest BCUT2D eigenvalue weighted by Gasteiger charge is 2.65. The molecule has 0 aromatic heterocycles. The summed E-state index contributed by atoms with van der Waals surface area (Å²) in [7, 11) is 1.68. The summed E-state index contributed by atoms with van der Waals surface area (Å²) >= 11 is 0. The first kappa shape index (κ1) is 12.9. The number of ether oxygens (including phenoxy) is 2. The summed E-state index contributed by atoms with van der Waals surface area (Å²) in [5.41, 5.74) is 2.52. The molecule has 2 fully saturated rings. The first-order valence-electron chi connectivity index (χ1n) is 8.31. The van der Waals surface area contributed by atoms with Crippen LogP contribution in [0.15, 0.2) is 12.1 Å². The maximum absolute atomic E-state index is 12.9. The van der Waals surface area contributed by atoms with Crippen molar-refractivity contribution < 1.29 is 14.3 Å². The Kier molecular flexibility index (Phi) is 2.38. The van der Waals surface area contributed by atoms with Crippen molar-refractivity contribution in [1.82, 2.24) is 5.32 Å². The summed E-state index contributed by atoms with van der Waals surface area (Å²) in [5.74, 6) is 2.49. The fraction of sp³-hybridized carbons (Fsp3) is 0.611. The Hall–Kier alpha value is -1.55. The van der Waals surface area contributed by atoms with Gasteiger partial charge in [0.25, 0.3) is 0 Å². The quantitative estimate of drug-likeness (QED) is 0.859. The van der Waals surface area contributed by atoms with Gasteiger partial charge in [0.1, 0.15) is 0 Å². The molecule has 2 bridgehead atoms. The van der Waals surface area contributed by atoms with Crippen molar-refractivity contribution in [1.29, 1.82) is 0 Å². The van der Waals surface area contributed by atoms with Gasteiger partial charge in [-0.3, -0.25) is 4.79 Å². The van der Waals surface area contributed by atoms with Crippen molar-refractivity contribution in [2.75, 3.05) is 13.7 Å². The topological polar surface area (TPSA) is 47.6 Å². The number of piperidine rings is 1. The Bertz CT molecular complexity index is 685. The van der Waals surface area contributed by atoms with Crippen LogP contribution in [-0.2, 0) is 16.6 Å². The zero-order valence-corrected chi connectivity index (χ0v) is 13.0. The molecule has 1 N–H and O–H groups in total. The fourth-order valence-corrected chi connectivity index (χ4v) is 5.60. The second-order valence-corrected chi connectivity index (χ2v) is 7.33. The molecule has 2 heterocycles. The highest BCUT2D eigenvalue weighted by Crippen LogP contribution is 2.62. The van der Waals surface area contributed by atoms with Gasteiger partial charge in [0.15, 0.2) is 23.4 Å². The molecule has 1 saturated carbocycles. The molecule has 1 saturated heterocycles. The van der Waals surface area contributed by atoms with E-state index in [2.05, 4.69) is 18.3 Å². The molecule has 5 rings (SSSR count). The summed E-state index contributed by atoms with van der Waals surface area (Å²) in [6.45, 7) is 3.03. The van der Waals surface area contributed by atoms with Crippen LogP contribution in [0.25, 0.3) is 0 Å². The number of ketones is 1. The molecule has 2 aliphatic heterocycles. The smallest absolute Gasteiger partial charge is 0.177 e.